The molecule has 8 rings (SSSR count). The molecule has 214 valence electrons. The average Bonchev–Trinajstić information content (AvgIpc) is 3.40. The van der Waals surface area contributed by atoms with Gasteiger partial charge in [0.25, 0.3) is 0 Å². The first kappa shape index (κ1) is 26.7. The van der Waals surface area contributed by atoms with Gasteiger partial charge >= 0.3 is 0 Å². The maximum atomic E-state index is 3.65. The molecule has 2 nitrogen and oxygen atoms in total. The molecule has 6 aromatic carbocycles. The van der Waals surface area contributed by atoms with Gasteiger partial charge in [-0.05, 0) is 75.9 Å². The van der Waals surface area contributed by atoms with Crippen LogP contribution in [0.2, 0.25) is 0 Å². The van der Waals surface area contributed by atoms with E-state index in [1.54, 1.807) is 0 Å². The standard InChI is InChI=1S/C43H32N2/c1-2-16-31-44-40-29-15-14-27-38(40)43(36-25-12-10-19-32(36)18-5-1)37-26-13-11-24-35(37)42-39(43)28-17-30-41(42)45(33-20-6-3-7-21-33)34-22-8-4-9-23-34/h1-31,44H/b2-1-,18-5-,31-16+. The number of benzene rings is 6. The number of hydrogen-bond donors (Lipinski definition) is 1. The molecule has 0 fully saturated rings. The van der Waals surface area contributed by atoms with E-state index in [0.717, 1.165) is 22.7 Å². The van der Waals surface area contributed by atoms with Crippen LogP contribution in [-0.4, -0.2) is 0 Å². The van der Waals surface area contributed by atoms with Crippen LogP contribution in [0, 0.1) is 0 Å². The smallest absolute Gasteiger partial charge is 0.0740 e. The van der Waals surface area contributed by atoms with Gasteiger partial charge in [0.15, 0.2) is 0 Å². The van der Waals surface area contributed by atoms with Crippen molar-refractivity contribution in [3.05, 3.63) is 210 Å². The molecule has 0 bridgehead atoms. The Bertz CT molecular complexity index is 2050. The van der Waals surface area contributed by atoms with Gasteiger partial charge in [0, 0.05) is 28.8 Å². The van der Waals surface area contributed by atoms with E-state index >= 15 is 0 Å². The third-order valence-corrected chi connectivity index (χ3v) is 8.96. The summed E-state index contributed by atoms with van der Waals surface area (Å²) in [7, 11) is 0. The SMILES string of the molecule is C1=C\C=C\Nc2ccccc2C2(c3ccccc3\C=C/1)c1ccccc1-c1c(N(c3ccccc3)c3ccccc3)cccc12. The van der Waals surface area contributed by atoms with Gasteiger partial charge in [-0.15, -0.1) is 0 Å². The molecule has 1 spiro atoms. The summed E-state index contributed by atoms with van der Waals surface area (Å²) in [6.07, 6.45) is 12.6. The summed E-state index contributed by atoms with van der Waals surface area (Å²) in [6.45, 7) is 0. The maximum absolute atomic E-state index is 3.65. The Morgan fingerprint density at radius 3 is 1.82 bits per heavy atom. The van der Waals surface area contributed by atoms with Gasteiger partial charge in [-0.1, -0.05) is 140 Å². The monoisotopic (exact) mass is 576 g/mol. The van der Waals surface area contributed by atoms with Crippen molar-refractivity contribution in [2.75, 3.05) is 10.2 Å². The summed E-state index contributed by atoms with van der Waals surface area (Å²) in [5, 5.41) is 3.65. The minimum absolute atomic E-state index is 0.581. The molecule has 1 aliphatic carbocycles. The van der Waals surface area contributed by atoms with Crippen molar-refractivity contribution >= 4 is 28.8 Å². The molecule has 1 N–H and O–H groups in total. The lowest BCUT2D eigenvalue weighted by atomic mass is 9.65. The summed E-state index contributed by atoms with van der Waals surface area (Å²) < 4.78 is 0. The topological polar surface area (TPSA) is 15.3 Å². The highest BCUT2D eigenvalue weighted by Crippen LogP contribution is 2.61. The van der Waals surface area contributed by atoms with E-state index in [2.05, 4.69) is 186 Å². The van der Waals surface area contributed by atoms with Crippen LogP contribution >= 0.6 is 0 Å². The van der Waals surface area contributed by atoms with Crippen molar-refractivity contribution in [2.45, 2.75) is 5.41 Å². The highest BCUT2D eigenvalue weighted by molar-refractivity contribution is 5.98. The Morgan fingerprint density at radius 1 is 0.444 bits per heavy atom. The van der Waals surface area contributed by atoms with E-state index in [0.29, 0.717) is 0 Å². The van der Waals surface area contributed by atoms with Crippen molar-refractivity contribution < 1.29 is 0 Å². The fourth-order valence-electron chi connectivity index (χ4n) is 7.20. The van der Waals surface area contributed by atoms with Crippen LogP contribution in [0.4, 0.5) is 22.7 Å². The first-order valence-electron chi connectivity index (χ1n) is 15.5. The van der Waals surface area contributed by atoms with Crippen LogP contribution in [0.5, 0.6) is 0 Å². The van der Waals surface area contributed by atoms with Crippen molar-refractivity contribution in [2.24, 2.45) is 0 Å². The number of hydrogen-bond acceptors (Lipinski definition) is 2. The second-order valence-electron chi connectivity index (χ2n) is 11.4. The Hall–Kier alpha value is -5.86. The average molecular weight is 577 g/mol. The molecule has 1 unspecified atom stereocenters. The van der Waals surface area contributed by atoms with Crippen molar-refractivity contribution in [1.82, 2.24) is 0 Å². The molecular weight excluding hydrogens is 544 g/mol. The fraction of sp³-hybridized carbons (Fsp3) is 0.0233. The Kier molecular flexibility index (Phi) is 6.73. The second-order valence-corrected chi connectivity index (χ2v) is 11.4. The summed E-state index contributed by atoms with van der Waals surface area (Å²) >= 11 is 0. The van der Waals surface area contributed by atoms with Crippen LogP contribution in [0.3, 0.4) is 0 Å². The van der Waals surface area contributed by atoms with Gasteiger partial charge in [0.1, 0.15) is 0 Å². The van der Waals surface area contributed by atoms with E-state index in [9.17, 15) is 0 Å². The van der Waals surface area contributed by atoms with Crippen LogP contribution in [0.15, 0.2) is 182 Å². The lowest BCUT2D eigenvalue weighted by molar-refractivity contribution is 0.768. The molecule has 0 amide bonds. The summed E-state index contributed by atoms with van der Waals surface area (Å²) in [6, 6.07) is 54.9. The number of allylic oxidation sites excluding steroid dienone is 4. The van der Waals surface area contributed by atoms with Gasteiger partial charge in [-0.25, -0.2) is 0 Å². The first-order valence-corrected chi connectivity index (χ1v) is 15.5. The highest BCUT2D eigenvalue weighted by Gasteiger charge is 2.49. The predicted molar refractivity (Wildman–Crippen MR) is 189 cm³/mol. The van der Waals surface area contributed by atoms with Crippen molar-refractivity contribution in [1.29, 1.82) is 0 Å². The normalized spacial score (nSPS) is 18.1. The number of fused-ring (bicyclic) bond motifs is 9. The van der Waals surface area contributed by atoms with E-state index in [1.165, 1.54) is 38.9 Å². The largest absolute Gasteiger partial charge is 0.361 e. The molecule has 2 aliphatic rings. The van der Waals surface area contributed by atoms with Gasteiger partial charge in [0.2, 0.25) is 0 Å². The molecule has 0 saturated carbocycles. The van der Waals surface area contributed by atoms with E-state index in [1.807, 2.05) is 12.3 Å². The van der Waals surface area contributed by atoms with Gasteiger partial charge in [-0.2, -0.15) is 0 Å². The zero-order valence-electron chi connectivity index (χ0n) is 24.8. The summed E-state index contributed by atoms with van der Waals surface area (Å²) in [5.41, 5.74) is 12.6. The number of nitrogens with one attached hydrogen (secondary N) is 1. The quantitative estimate of drug-likeness (QED) is 0.225. The van der Waals surface area contributed by atoms with Crippen LogP contribution in [0.1, 0.15) is 27.8 Å². The minimum atomic E-state index is -0.581. The predicted octanol–water partition coefficient (Wildman–Crippen LogP) is 11.0. The van der Waals surface area contributed by atoms with E-state index < -0.39 is 5.41 Å². The first-order chi connectivity index (χ1) is 22.4. The Morgan fingerprint density at radius 2 is 1.04 bits per heavy atom. The molecular formula is C43H32N2. The molecule has 0 radical (unpaired) electrons. The Labute approximate surface area is 265 Å². The summed E-state index contributed by atoms with van der Waals surface area (Å²) in [5.74, 6) is 0. The van der Waals surface area contributed by atoms with Crippen LogP contribution < -0.4 is 10.2 Å². The minimum Gasteiger partial charge on any atom is -0.361 e. The zero-order chi connectivity index (χ0) is 30.1. The molecule has 0 saturated heterocycles. The van der Waals surface area contributed by atoms with Gasteiger partial charge in [0.05, 0.1) is 11.1 Å². The number of anilines is 4. The molecule has 6 aromatic rings. The molecule has 1 atom stereocenters. The van der Waals surface area contributed by atoms with Crippen LogP contribution in [-0.2, 0) is 5.41 Å². The molecule has 45 heavy (non-hydrogen) atoms. The fourth-order valence-corrected chi connectivity index (χ4v) is 7.20. The number of para-hydroxylation sites is 3. The third-order valence-electron chi connectivity index (χ3n) is 8.96. The summed E-state index contributed by atoms with van der Waals surface area (Å²) in [4.78, 5) is 2.40. The number of nitrogens with zero attached hydrogens (tertiary/aromatic N) is 1. The van der Waals surface area contributed by atoms with Crippen LogP contribution in [0.25, 0.3) is 17.2 Å². The zero-order valence-corrected chi connectivity index (χ0v) is 24.8. The Balaban J connectivity index is 1.53. The molecule has 2 heteroatoms. The van der Waals surface area contributed by atoms with Gasteiger partial charge < -0.3 is 10.2 Å². The molecule has 1 aliphatic heterocycles. The number of rotatable bonds is 3. The van der Waals surface area contributed by atoms with Gasteiger partial charge in [-0.3, -0.25) is 0 Å². The molecule has 0 aromatic heterocycles. The second kappa shape index (κ2) is 11.3. The lowest BCUT2D eigenvalue weighted by Crippen LogP contribution is -2.30. The highest BCUT2D eigenvalue weighted by atomic mass is 15.1. The third kappa shape index (κ3) is 4.34. The van der Waals surface area contributed by atoms with E-state index in [4.69, 9.17) is 0 Å². The van der Waals surface area contributed by atoms with Crippen molar-refractivity contribution in [3.63, 3.8) is 0 Å². The van der Waals surface area contributed by atoms with Crippen molar-refractivity contribution in [3.8, 4) is 11.1 Å². The lowest BCUT2D eigenvalue weighted by Gasteiger charge is -2.37. The molecule has 1 heterocycles. The maximum Gasteiger partial charge on any atom is 0.0740 e. The van der Waals surface area contributed by atoms with E-state index in [-0.39, 0.29) is 0 Å².